The normalized spacial score (nSPS) is 21.7. The van der Waals surface area contributed by atoms with E-state index in [2.05, 4.69) is 10.6 Å². The second-order valence-corrected chi connectivity index (χ2v) is 6.00. The van der Waals surface area contributed by atoms with Crippen molar-refractivity contribution in [3.05, 3.63) is 35.9 Å². The van der Waals surface area contributed by atoms with E-state index in [1.807, 2.05) is 44.2 Å². The van der Waals surface area contributed by atoms with Crippen molar-refractivity contribution in [2.75, 3.05) is 0 Å². The average Bonchev–Trinajstić information content (AvgIpc) is 3.17. The minimum atomic E-state index is -0.991. The summed E-state index contributed by atoms with van der Waals surface area (Å²) in [6.45, 7) is 3.86. The quantitative estimate of drug-likeness (QED) is 0.752. The number of carboxylic acids is 1. The zero-order chi connectivity index (χ0) is 15.4. The molecule has 0 spiro atoms. The molecule has 114 valence electrons. The van der Waals surface area contributed by atoms with Crippen LogP contribution >= 0.6 is 0 Å². The highest BCUT2D eigenvalue weighted by atomic mass is 16.4. The van der Waals surface area contributed by atoms with Crippen molar-refractivity contribution >= 4 is 12.0 Å². The third-order valence-corrected chi connectivity index (χ3v) is 3.65. The van der Waals surface area contributed by atoms with Crippen LogP contribution in [0.5, 0.6) is 0 Å². The third-order valence-electron chi connectivity index (χ3n) is 3.65. The fourth-order valence-corrected chi connectivity index (χ4v) is 2.48. The predicted octanol–water partition coefficient (Wildman–Crippen LogP) is 2.34. The van der Waals surface area contributed by atoms with Crippen LogP contribution in [0.3, 0.4) is 0 Å². The van der Waals surface area contributed by atoms with Crippen molar-refractivity contribution in [2.45, 2.75) is 44.7 Å². The number of amides is 2. The minimum absolute atomic E-state index is 0.0981. The van der Waals surface area contributed by atoms with E-state index in [1.165, 1.54) is 5.56 Å². The number of rotatable bonds is 6. The SMILES string of the molecule is CC(C)C[C@@H](NC(=O)NC1CC1c1ccccc1)C(=O)O. The van der Waals surface area contributed by atoms with Gasteiger partial charge in [0.1, 0.15) is 6.04 Å². The molecule has 1 aliphatic carbocycles. The highest BCUT2D eigenvalue weighted by Gasteiger charge is 2.39. The van der Waals surface area contributed by atoms with Crippen LogP contribution in [0.25, 0.3) is 0 Å². The second-order valence-electron chi connectivity index (χ2n) is 6.00. The number of carboxylic acid groups (broad SMARTS) is 1. The summed E-state index contributed by atoms with van der Waals surface area (Å²) in [5.41, 5.74) is 1.21. The van der Waals surface area contributed by atoms with E-state index in [9.17, 15) is 9.59 Å². The van der Waals surface area contributed by atoms with Gasteiger partial charge in [0.15, 0.2) is 0 Å². The lowest BCUT2D eigenvalue weighted by molar-refractivity contribution is -0.139. The van der Waals surface area contributed by atoms with E-state index < -0.39 is 18.0 Å². The predicted molar refractivity (Wildman–Crippen MR) is 80.1 cm³/mol. The maximum absolute atomic E-state index is 11.9. The molecular weight excluding hydrogens is 268 g/mol. The number of hydrogen-bond donors (Lipinski definition) is 3. The molecule has 0 saturated heterocycles. The van der Waals surface area contributed by atoms with Gasteiger partial charge in [0.2, 0.25) is 0 Å². The molecule has 2 unspecified atom stereocenters. The number of urea groups is 1. The lowest BCUT2D eigenvalue weighted by atomic mass is 10.0. The number of hydrogen-bond acceptors (Lipinski definition) is 2. The van der Waals surface area contributed by atoms with Gasteiger partial charge in [-0.1, -0.05) is 44.2 Å². The monoisotopic (exact) mass is 290 g/mol. The third kappa shape index (κ3) is 4.48. The van der Waals surface area contributed by atoms with Crippen LogP contribution in [0.4, 0.5) is 4.79 Å². The Morgan fingerprint density at radius 3 is 2.52 bits per heavy atom. The Balaban J connectivity index is 1.81. The van der Waals surface area contributed by atoms with E-state index in [0.717, 1.165) is 6.42 Å². The first kappa shape index (κ1) is 15.4. The molecule has 1 aliphatic rings. The summed E-state index contributed by atoms with van der Waals surface area (Å²) in [6, 6.07) is 8.88. The van der Waals surface area contributed by atoms with Gasteiger partial charge in [0, 0.05) is 12.0 Å². The lowest BCUT2D eigenvalue weighted by Crippen LogP contribution is -2.47. The zero-order valence-electron chi connectivity index (χ0n) is 12.4. The summed E-state index contributed by atoms with van der Waals surface area (Å²) in [5.74, 6) is -0.441. The summed E-state index contributed by atoms with van der Waals surface area (Å²) in [7, 11) is 0. The van der Waals surface area contributed by atoms with Crippen molar-refractivity contribution in [3.63, 3.8) is 0 Å². The van der Waals surface area contributed by atoms with Gasteiger partial charge in [0.25, 0.3) is 0 Å². The first-order valence-corrected chi connectivity index (χ1v) is 7.32. The Hall–Kier alpha value is -2.04. The van der Waals surface area contributed by atoms with Crippen molar-refractivity contribution in [2.24, 2.45) is 5.92 Å². The van der Waals surface area contributed by atoms with Crippen LogP contribution in [0.1, 0.15) is 38.2 Å². The largest absolute Gasteiger partial charge is 0.480 e. The molecular formula is C16H22N2O3. The topological polar surface area (TPSA) is 78.4 Å². The van der Waals surface area contributed by atoms with Crippen molar-refractivity contribution in [3.8, 4) is 0 Å². The second kappa shape index (κ2) is 6.61. The molecule has 2 rings (SSSR count). The van der Waals surface area contributed by atoms with Crippen molar-refractivity contribution < 1.29 is 14.7 Å². The van der Waals surface area contributed by atoms with E-state index in [1.54, 1.807) is 0 Å². The highest BCUT2D eigenvalue weighted by molar-refractivity contribution is 5.82. The van der Waals surface area contributed by atoms with E-state index >= 15 is 0 Å². The molecule has 1 fully saturated rings. The van der Waals surface area contributed by atoms with Gasteiger partial charge in [0.05, 0.1) is 0 Å². The molecule has 21 heavy (non-hydrogen) atoms. The fraction of sp³-hybridized carbons (Fsp3) is 0.500. The molecule has 2 amide bonds. The van der Waals surface area contributed by atoms with Crippen LogP contribution in [0.2, 0.25) is 0 Å². The first-order chi connectivity index (χ1) is 9.97. The Morgan fingerprint density at radius 1 is 1.29 bits per heavy atom. The van der Waals surface area contributed by atoms with Crippen molar-refractivity contribution in [1.29, 1.82) is 0 Å². The van der Waals surface area contributed by atoms with Gasteiger partial charge in [-0.25, -0.2) is 9.59 Å². The minimum Gasteiger partial charge on any atom is -0.480 e. The molecule has 0 bridgehead atoms. The molecule has 5 nitrogen and oxygen atoms in total. The van der Waals surface area contributed by atoms with Crippen LogP contribution in [-0.4, -0.2) is 29.2 Å². The van der Waals surface area contributed by atoms with Crippen molar-refractivity contribution in [1.82, 2.24) is 10.6 Å². The number of carbonyl (C=O) groups is 2. The summed E-state index contributed by atoms with van der Waals surface area (Å²) < 4.78 is 0. The average molecular weight is 290 g/mol. The zero-order valence-corrected chi connectivity index (χ0v) is 12.4. The van der Waals surface area contributed by atoms with Gasteiger partial charge >= 0.3 is 12.0 Å². The maximum Gasteiger partial charge on any atom is 0.326 e. The van der Waals surface area contributed by atoms with Crippen LogP contribution in [0.15, 0.2) is 30.3 Å². The van der Waals surface area contributed by atoms with E-state index in [4.69, 9.17) is 5.11 Å². The first-order valence-electron chi connectivity index (χ1n) is 7.32. The number of aliphatic carboxylic acids is 1. The highest BCUT2D eigenvalue weighted by Crippen LogP contribution is 2.40. The van der Waals surface area contributed by atoms with Gasteiger partial charge < -0.3 is 15.7 Å². The summed E-state index contributed by atoms with van der Waals surface area (Å²) in [4.78, 5) is 23.0. The summed E-state index contributed by atoms with van der Waals surface area (Å²) >= 11 is 0. The molecule has 5 heteroatoms. The molecule has 0 heterocycles. The van der Waals surface area contributed by atoms with Crippen LogP contribution in [-0.2, 0) is 4.79 Å². The van der Waals surface area contributed by atoms with E-state index in [0.29, 0.717) is 12.3 Å². The van der Waals surface area contributed by atoms with Crippen LogP contribution < -0.4 is 10.6 Å². The Morgan fingerprint density at radius 2 is 1.95 bits per heavy atom. The summed E-state index contributed by atoms with van der Waals surface area (Å²) in [6.07, 6.45) is 1.33. The maximum atomic E-state index is 11.9. The Kier molecular flexibility index (Phi) is 4.83. The molecule has 1 saturated carbocycles. The van der Waals surface area contributed by atoms with Gasteiger partial charge in [-0.15, -0.1) is 0 Å². The lowest BCUT2D eigenvalue weighted by Gasteiger charge is -2.17. The van der Waals surface area contributed by atoms with Gasteiger partial charge in [-0.3, -0.25) is 0 Å². The van der Waals surface area contributed by atoms with E-state index in [-0.39, 0.29) is 12.0 Å². The molecule has 0 radical (unpaired) electrons. The smallest absolute Gasteiger partial charge is 0.326 e. The standard InChI is InChI=1S/C16H22N2O3/c1-10(2)8-14(15(19)20)18-16(21)17-13-9-12(13)11-6-4-3-5-7-11/h3-7,10,12-14H,8-9H2,1-2H3,(H,19,20)(H2,17,18,21)/t12?,13?,14-/m1/s1. The van der Waals surface area contributed by atoms with Gasteiger partial charge in [-0.05, 0) is 24.3 Å². The Labute approximate surface area is 124 Å². The molecule has 0 aliphatic heterocycles. The van der Waals surface area contributed by atoms with Crippen LogP contribution in [0, 0.1) is 5.92 Å². The molecule has 1 aromatic carbocycles. The number of carbonyl (C=O) groups excluding carboxylic acids is 1. The molecule has 0 aromatic heterocycles. The number of benzene rings is 1. The molecule has 3 N–H and O–H groups in total. The summed E-state index contributed by atoms with van der Waals surface area (Å²) in [5, 5.41) is 14.5. The Bertz CT molecular complexity index is 502. The molecule has 3 atom stereocenters. The van der Waals surface area contributed by atoms with Gasteiger partial charge in [-0.2, -0.15) is 0 Å². The molecule has 1 aromatic rings. The fourth-order valence-electron chi connectivity index (χ4n) is 2.48. The number of nitrogens with one attached hydrogen (secondary N) is 2.